The van der Waals surface area contributed by atoms with Gasteiger partial charge in [-0.05, 0) is 24.4 Å². The van der Waals surface area contributed by atoms with Crippen LogP contribution in [0.2, 0.25) is 5.28 Å². The molecule has 1 heterocycles. The van der Waals surface area contributed by atoms with Crippen LogP contribution < -0.4 is 10.6 Å². The molecule has 0 bridgehead atoms. The largest absolute Gasteiger partial charge is 0.354 e. The van der Waals surface area contributed by atoms with Crippen LogP contribution in [-0.4, -0.2) is 28.0 Å². The molecule has 0 aromatic carbocycles. The van der Waals surface area contributed by atoms with Gasteiger partial charge in [0.15, 0.2) is 0 Å². The lowest BCUT2D eigenvalue weighted by molar-refractivity contribution is 0.591. The van der Waals surface area contributed by atoms with Crippen molar-refractivity contribution in [3.63, 3.8) is 0 Å². The number of nitrogens with zero attached hydrogens (tertiary/aromatic N) is 3. The van der Waals surface area contributed by atoms with Gasteiger partial charge in [0.2, 0.25) is 17.2 Å². The van der Waals surface area contributed by atoms with E-state index < -0.39 is 0 Å². The Bertz CT molecular complexity index is 331. The van der Waals surface area contributed by atoms with Gasteiger partial charge in [0.05, 0.1) is 0 Å². The predicted octanol–water partition coefficient (Wildman–Crippen LogP) is 2.41. The van der Waals surface area contributed by atoms with Crippen LogP contribution in [0.3, 0.4) is 0 Å². The predicted molar refractivity (Wildman–Crippen MR) is 66.9 cm³/mol. The number of hydrogen-bond donors (Lipinski definition) is 2. The van der Waals surface area contributed by atoms with Crippen LogP contribution in [0.1, 0.15) is 27.2 Å². The quantitative estimate of drug-likeness (QED) is 0.804. The van der Waals surface area contributed by atoms with Crippen molar-refractivity contribution in [2.24, 2.45) is 5.92 Å². The van der Waals surface area contributed by atoms with E-state index in [-0.39, 0.29) is 5.28 Å². The van der Waals surface area contributed by atoms with E-state index in [2.05, 4.69) is 39.4 Å². The Morgan fingerprint density at radius 3 is 2.31 bits per heavy atom. The second-order valence-corrected chi connectivity index (χ2v) is 4.01. The standard InChI is InChI=1S/C10H18ClN5/c1-4-7(3)6-13-10-15-8(11)14-9(16-10)12-5-2/h7H,4-6H2,1-3H3,(H2,12,13,14,15,16). The van der Waals surface area contributed by atoms with Gasteiger partial charge < -0.3 is 10.6 Å². The van der Waals surface area contributed by atoms with E-state index in [1.54, 1.807) is 0 Å². The molecule has 1 aromatic heterocycles. The van der Waals surface area contributed by atoms with Crippen LogP contribution in [0.5, 0.6) is 0 Å². The maximum Gasteiger partial charge on any atom is 0.228 e. The van der Waals surface area contributed by atoms with Gasteiger partial charge >= 0.3 is 0 Å². The van der Waals surface area contributed by atoms with Crippen molar-refractivity contribution in [1.82, 2.24) is 15.0 Å². The van der Waals surface area contributed by atoms with Crippen LogP contribution in [0, 0.1) is 5.92 Å². The molecule has 0 aliphatic carbocycles. The van der Waals surface area contributed by atoms with Crippen LogP contribution in [-0.2, 0) is 0 Å². The molecule has 0 radical (unpaired) electrons. The van der Waals surface area contributed by atoms with Crippen molar-refractivity contribution in [3.05, 3.63) is 5.28 Å². The van der Waals surface area contributed by atoms with E-state index >= 15 is 0 Å². The molecule has 1 atom stereocenters. The van der Waals surface area contributed by atoms with E-state index in [4.69, 9.17) is 11.6 Å². The van der Waals surface area contributed by atoms with E-state index in [0.29, 0.717) is 17.8 Å². The van der Waals surface area contributed by atoms with Gasteiger partial charge in [-0.3, -0.25) is 0 Å². The zero-order chi connectivity index (χ0) is 12.0. The van der Waals surface area contributed by atoms with Crippen molar-refractivity contribution in [2.45, 2.75) is 27.2 Å². The van der Waals surface area contributed by atoms with Gasteiger partial charge in [0.25, 0.3) is 0 Å². The highest BCUT2D eigenvalue weighted by Gasteiger charge is 2.05. The van der Waals surface area contributed by atoms with Crippen LogP contribution in [0.25, 0.3) is 0 Å². The highest BCUT2D eigenvalue weighted by Crippen LogP contribution is 2.10. The van der Waals surface area contributed by atoms with Gasteiger partial charge in [-0.15, -0.1) is 0 Å². The lowest BCUT2D eigenvalue weighted by Gasteiger charge is -2.10. The van der Waals surface area contributed by atoms with Gasteiger partial charge in [0.1, 0.15) is 0 Å². The first-order valence-electron chi connectivity index (χ1n) is 5.55. The zero-order valence-electron chi connectivity index (χ0n) is 9.92. The molecule has 0 aliphatic rings. The molecule has 1 unspecified atom stereocenters. The third-order valence-electron chi connectivity index (χ3n) is 2.25. The number of nitrogens with one attached hydrogen (secondary N) is 2. The van der Waals surface area contributed by atoms with Gasteiger partial charge in [-0.2, -0.15) is 15.0 Å². The normalized spacial score (nSPS) is 12.2. The van der Waals surface area contributed by atoms with Gasteiger partial charge in [-0.1, -0.05) is 20.3 Å². The first-order chi connectivity index (χ1) is 7.65. The van der Waals surface area contributed by atoms with Gasteiger partial charge in [0, 0.05) is 13.1 Å². The van der Waals surface area contributed by atoms with E-state index in [9.17, 15) is 0 Å². The van der Waals surface area contributed by atoms with Crippen LogP contribution >= 0.6 is 11.6 Å². The lowest BCUT2D eigenvalue weighted by atomic mass is 10.1. The molecule has 0 saturated heterocycles. The molecule has 2 N–H and O–H groups in total. The molecule has 6 heteroatoms. The number of rotatable bonds is 6. The third-order valence-corrected chi connectivity index (χ3v) is 2.42. The molecule has 1 rings (SSSR count). The SMILES string of the molecule is CCNc1nc(Cl)nc(NCC(C)CC)n1. The molecule has 16 heavy (non-hydrogen) atoms. The Kier molecular flexibility index (Phi) is 5.25. The van der Waals surface area contributed by atoms with Crippen molar-refractivity contribution in [2.75, 3.05) is 23.7 Å². The summed E-state index contributed by atoms with van der Waals surface area (Å²) in [6.07, 6.45) is 1.12. The monoisotopic (exact) mass is 243 g/mol. The maximum absolute atomic E-state index is 5.79. The summed E-state index contributed by atoms with van der Waals surface area (Å²) >= 11 is 5.79. The average Bonchev–Trinajstić information content (AvgIpc) is 2.25. The summed E-state index contributed by atoms with van der Waals surface area (Å²) in [6, 6.07) is 0. The molecular formula is C10H18ClN5. The minimum atomic E-state index is 0.206. The van der Waals surface area contributed by atoms with Crippen molar-refractivity contribution < 1.29 is 0 Å². The Balaban J connectivity index is 2.64. The number of hydrogen-bond acceptors (Lipinski definition) is 5. The Labute approximate surface area is 101 Å². The second-order valence-electron chi connectivity index (χ2n) is 3.68. The minimum Gasteiger partial charge on any atom is -0.354 e. The highest BCUT2D eigenvalue weighted by molar-refractivity contribution is 6.28. The molecule has 0 aliphatic heterocycles. The summed E-state index contributed by atoms with van der Waals surface area (Å²) < 4.78 is 0. The van der Waals surface area contributed by atoms with Crippen LogP contribution in [0.4, 0.5) is 11.9 Å². The third kappa shape index (κ3) is 4.18. The summed E-state index contributed by atoms with van der Waals surface area (Å²) in [5.74, 6) is 1.61. The van der Waals surface area contributed by atoms with Crippen molar-refractivity contribution >= 4 is 23.5 Å². The Morgan fingerprint density at radius 2 is 1.75 bits per heavy atom. The summed E-state index contributed by atoms with van der Waals surface area (Å²) in [4.78, 5) is 12.2. The fourth-order valence-electron chi connectivity index (χ4n) is 1.08. The fourth-order valence-corrected chi connectivity index (χ4v) is 1.24. The average molecular weight is 244 g/mol. The first kappa shape index (κ1) is 13.0. The number of anilines is 2. The maximum atomic E-state index is 5.79. The Morgan fingerprint density at radius 1 is 1.12 bits per heavy atom. The fraction of sp³-hybridized carbons (Fsp3) is 0.700. The van der Waals surface area contributed by atoms with E-state index in [1.165, 1.54) is 0 Å². The molecule has 0 fully saturated rings. The topological polar surface area (TPSA) is 62.7 Å². The molecule has 5 nitrogen and oxygen atoms in total. The summed E-state index contributed by atoms with van der Waals surface area (Å²) in [7, 11) is 0. The van der Waals surface area contributed by atoms with Crippen LogP contribution in [0.15, 0.2) is 0 Å². The number of halogens is 1. The highest BCUT2D eigenvalue weighted by atomic mass is 35.5. The lowest BCUT2D eigenvalue weighted by Crippen LogP contribution is -2.14. The second kappa shape index (κ2) is 6.48. The zero-order valence-corrected chi connectivity index (χ0v) is 10.7. The molecule has 0 spiro atoms. The summed E-state index contributed by atoms with van der Waals surface area (Å²) in [5.41, 5.74) is 0. The van der Waals surface area contributed by atoms with Gasteiger partial charge in [-0.25, -0.2) is 0 Å². The molecule has 1 aromatic rings. The molecular weight excluding hydrogens is 226 g/mol. The summed E-state index contributed by atoms with van der Waals surface area (Å²) in [5, 5.41) is 6.36. The van der Waals surface area contributed by atoms with Crippen molar-refractivity contribution in [3.8, 4) is 0 Å². The number of aromatic nitrogens is 3. The molecule has 0 amide bonds. The summed E-state index contributed by atoms with van der Waals surface area (Å²) in [6.45, 7) is 7.88. The van der Waals surface area contributed by atoms with E-state index in [1.807, 2.05) is 6.92 Å². The molecule has 90 valence electrons. The molecule has 0 saturated carbocycles. The minimum absolute atomic E-state index is 0.206. The first-order valence-corrected chi connectivity index (χ1v) is 5.92. The van der Waals surface area contributed by atoms with Crippen molar-refractivity contribution in [1.29, 1.82) is 0 Å². The Hall–Kier alpha value is -1.10. The smallest absolute Gasteiger partial charge is 0.228 e. The van der Waals surface area contributed by atoms with E-state index in [0.717, 1.165) is 19.5 Å².